The van der Waals surface area contributed by atoms with Crippen molar-refractivity contribution in [2.24, 2.45) is 0 Å². The third-order valence-electron chi connectivity index (χ3n) is 2.79. The Bertz CT molecular complexity index is 648. The molecule has 0 heterocycles. The molecule has 2 aromatic carbocycles. The molecule has 1 N–H and O–H groups in total. The van der Waals surface area contributed by atoms with Crippen LogP contribution in [0.5, 0.6) is 0 Å². The molecule has 0 atom stereocenters. The molecule has 0 aliphatic carbocycles. The van der Waals surface area contributed by atoms with Gasteiger partial charge in [0.05, 0.1) is 16.5 Å². The standard InChI is InChI=1S/C16H15BrClNOS/c1-11-3-2-4-12(7-11)9-21-10-16(20)19-15-6-5-13(17)8-14(15)18/h2-8H,9-10H2,1H3,(H,19,20). The second kappa shape index (κ2) is 7.87. The van der Waals surface area contributed by atoms with Gasteiger partial charge in [0, 0.05) is 10.2 Å². The number of carbonyl (C=O) groups excluding carboxylic acids is 1. The van der Waals surface area contributed by atoms with E-state index in [9.17, 15) is 4.79 Å². The molecule has 1 amide bonds. The van der Waals surface area contributed by atoms with Crippen molar-refractivity contribution >= 4 is 50.9 Å². The van der Waals surface area contributed by atoms with Gasteiger partial charge in [-0.05, 0) is 30.7 Å². The van der Waals surface area contributed by atoms with E-state index in [0.29, 0.717) is 16.5 Å². The van der Waals surface area contributed by atoms with E-state index in [0.717, 1.165) is 10.2 Å². The molecule has 0 aliphatic heterocycles. The van der Waals surface area contributed by atoms with E-state index in [2.05, 4.69) is 46.4 Å². The van der Waals surface area contributed by atoms with Gasteiger partial charge in [-0.15, -0.1) is 11.8 Å². The third kappa shape index (κ3) is 5.38. The highest BCUT2D eigenvalue weighted by Crippen LogP contribution is 2.25. The Morgan fingerprint density at radius 2 is 2.10 bits per heavy atom. The van der Waals surface area contributed by atoms with Crippen molar-refractivity contribution in [3.63, 3.8) is 0 Å². The number of amides is 1. The van der Waals surface area contributed by atoms with Gasteiger partial charge < -0.3 is 5.32 Å². The summed E-state index contributed by atoms with van der Waals surface area (Å²) in [7, 11) is 0. The Balaban J connectivity index is 1.82. The zero-order valence-electron chi connectivity index (χ0n) is 11.5. The van der Waals surface area contributed by atoms with Crippen LogP contribution in [-0.2, 0) is 10.5 Å². The van der Waals surface area contributed by atoms with Gasteiger partial charge in [0.1, 0.15) is 0 Å². The lowest BCUT2D eigenvalue weighted by atomic mass is 10.2. The van der Waals surface area contributed by atoms with Crippen LogP contribution in [0.3, 0.4) is 0 Å². The fourth-order valence-corrected chi connectivity index (χ4v) is 3.34. The van der Waals surface area contributed by atoms with E-state index < -0.39 is 0 Å². The minimum absolute atomic E-state index is 0.0446. The van der Waals surface area contributed by atoms with Crippen molar-refractivity contribution in [2.75, 3.05) is 11.1 Å². The average Bonchev–Trinajstić information content (AvgIpc) is 2.42. The summed E-state index contributed by atoms with van der Waals surface area (Å²) in [5.41, 5.74) is 3.11. The van der Waals surface area contributed by atoms with Crippen molar-refractivity contribution < 1.29 is 4.79 Å². The van der Waals surface area contributed by atoms with Gasteiger partial charge in [-0.1, -0.05) is 57.4 Å². The van der Waals surface area contributed by atoms with Gasteiger partial charge in [-0.3, -0.25) is 4.79 Å². The van der Waals surface area contributed by atoms with Crippen LogP contribution in [0, 0.1) is 6.92 Å². The smallest absolute Gasteiger partial charge is 0.234 e. The average molecular weight is 385 g/mol. The number of aryl methyl sites for hydroxylation is 1. The van der Waals surface area contributed by atoms with Crippen LogP contribution in [0.1, 0.15) is 11.1 Å². The molecule has 0 spiro atoms. The van der Waals surface area contributed by atoms with Crippen molar-refractivity contribution in [3.8, 4) is 0 Å². The van der Waals surface area contributed by atoms with E-state index in [1.54, 1.807) is 23.9 Å². The molecular formula is C16H15BrClNOS. The monoisotopic (exact) mass is 383 g/mol. The maximum absolute atomic E-state index is 11.9. The van der Waals surface area contributed by atoms with Gasteiger partial charge >= 0.3 is 0 Å². The zero-order valence-corrected chi connectivity index (χ0v) is 14.7. The molecule has 0 unspecified atom stereocenters. The Labute approximate surface area is 142 Å². The predicted octanol–water partition coefficient (Wildman–Crippen LogP) is 5.28. The minimum Gasteiger partial charge on any atom is -0.324 e. The largest absolute Gasteiger partial charge is 0.324 e. The second-order valence-corrected chi connectivity index (χ2v) is 6.96. The molecule has 2 nitrogen and oxygen atoms in total. The molecule has 2 rings (SSSR count). The van der Waals surface area contributed by atoms with Crippen LogP contribution >= 0.6 is 39.3 Å². The number of benzene rings is 2. The van der Waals surface area contributed by atoms with Gasteiger partial charge in [-0.25, -0.2) is 0 Å². The normalized spacial score (nSPS) is 10.4. The molecular weight excluding hydrogens is 370 g/mol. The van der Waals surface area contributed by atoms with E-state index in [-0.39, 0.29) is 5.91 Å². The summed E-state index contributed by atoms with van der Waals surface area (Å²) in [5, 5.41) is 3.35. The Morgan fingerprint density at radius 1 is 1.29 bits per heavy atom. The summed E-state index contributed by atoms with van der Waals surface area (Å²) in [6.45, 7) is 2.07. The van der Waals surface area contributed by atoms with Gasteiger partial charge in [-0.2, -0.15) is 0 Å². The first-order chi connectivity index (χ1) is 10.0. The summed E-state index contributed by atoms with van der Waals surface area (Å²) in [6, 6.07) is 13.7. The van der Waals surface area contributed by atoms with Crippen LogP contribution in [0.25, 0.3) is 0 Å². The van der Waals surface area contributed by atoms with Gasteiger partial charge in [0.2, 0.25) is 5.91 Å². The molecule has 21 heavy (non-hydrogen) atoms. The van der Waals surface area contributed by atoms with Crippen molar-refractivity contribution in [3.05, 3.63) is 63.1 Å². The zero-order chi connectivity index (χ0) is 15.2. The molecule has 0 saturated heterocycles. The summed E-state index contributed by atoms with van der Waals surface area (Å²) < 4.78 is 0.888. The molecule has 0 saturated carbocycles. The molecule has 0 bridgehead atoms. The molecule has 110 valence electrons. The number of carbonyl (C=O) groups is 1. The predicted molar refractivity (Wildman–Crippen MR) is 95.1 cm³/mol. The summed E-state index contributed by atoms with van der Waals surface area (Å²) in [5.74, 6) is 1.18. The highest BCUT2D eigenvalue weighted by Gasteiger charge is 2.06. The number of nitrogens with one attached hydrogen (secondary N) is 1. The highest BCUT2D eigenvalue weighted by atomic mass is 79.9. The molecule has 2 aromatic rings. The minimum atomic E-state index is -0.0446. The Morgan fingerprint density at radius 3 is 2.81 bits per heavy atom. The van der Waals surface area contributed by atoms with Crippen LogP contribution in [0.2, 0.25) is 5.02 Å². The second-order valence-electron chi connectivity index (χ2n) is 4.65. The van der Waals surface area contributed by atoms with Crippen molar-refractivity contribution in [2.45, 2.75) is 12.7 Å². The molecule has 5 heteroatoms. The maximum atomic E-state index is 11.9. The number of rotatable bonds is 5. The molecule has 0 aliphatic rings. The summed E-state index contributed by atoms with van der Waals surface area (Å²) in [6.07, 6.45) is 0. The maximum Gasteiger partial charge on any atom is 0.234 e. The summed E-state index contributed by atoms with van der Waals surface area (Å²) in [4.78, 5) is 11.9. The lowest BCUT2D eigenvalue weighted by Gasteiger charge is -2.07. The molecule has 0 aromatic heterocycles. The summed E-state index contributed by atoms with van der Waals surface area (Å²) >= 11 is 11.0. The van der Waals surface area contributed by atoms with Crippen molar-refractivity contribution in [1.82, 2.24) is 0 Å². The Kier molecular flexibility index (Phi) is 6.15. The SMILES string of the molecule is Cc1cccc(CSCC(=O)Nc2ccc(Br)cc2Cl)c1. The first-order valence-electron chi connectivity index (χ1n) is 6.43. The van der Waals surface area contributed by atoms with Crippen LogP contribution < -0.4 is 5.32 Å². The fourth-order valence-electron chi connectivity index (χ4n) is 1.84. The first kappa shape index (κ1) is 16.4. The quantitative estimate of drug-likeness (QED) is 0.759. The number of hydrogen-bond acceptors (Lipinski definition) is 2. The fraction of sp³-hybridized carbons (Fsp3) is 0.188. The number of anilines is 1. The topological polar surface area (TPSA) is 29.1 Å². The third-order valence-corrected chi connectivity index (χ3v) is 4.60. The molecule has 0 radical (unpaired) electrons. The number of halogens is 2. The number of thioether (sulfide) groups is 1. The van der Waals surface area contributed by atoms with E-state index >= 15 is 0 Å². The van der Waals surface area contributed by atoms with Crippen LogP contribution in [0.15, 0.2) is 46.9 Å². The van der Waals surface area contributed by atoms with E-state index in [4.69, 9.17) is 11.6 Å². The van der Waals surface area contributed by atoms with E-state index in [1.165, 1.54) is 11.1 Å². The first-order valence-corrected chi connectivity index (χ1v) is 8.75. The van der Waals surface area contributed by atoms with E-state index in [1.807, 2.05) is 12.1 Å². The van der Waals surface area contributed by atoms with Crippen molar-refractivity contribution in [1.29, 1.82) is 0 Å². The lowest BCUT2D eigenvalue weighted by molar-refractivity contribution is -0.113. The molecule has 0 fully saturated rings. The van der Waals surface area contributed by atoms with Crippen LogP contribution in [-0.4, -0.2) is 11.7 Å². The van der Waals surface area contributed by atoms with Gasteiger partial charge in [0.15, 0.2) is 0 Å². The van der Waals surface area contributed by atoms with Gasteiger partial charge in [0.25, 0.3) is 0 Å². The lowest BCUT2D eigenvalue weighted by Crippen LogP contribution is -2.14. The highest BCUT2D eigenvalue weighted by molar-refractivity contribution is 9.10. The number of hydrogen-bond donors (Lipinski definition) is 1. The Hall–Kier alpha value is -0.970. The van der Waals surface area contributed by atoms with Crippen LogP contribution in [0.4, 0.5) is 5.69 Å².